The number of ether oxygens (including phenoxy) is 3. The Bertz CT molecular complexity index is 284. The van der Waals surface area contributed by atoms with Gasteiger partial charge in [-0.2, -0.15) is 0 Å². The first kappa shape index (κ1) is 13.7. The molecule has 0 aromatic rings. The summed E-state index contributed by atoms with van der Waals surface area (Å²) in [6.45, 7) is 3.65. The summed E-state index contributed by atoms with van der Waals surface area (Å²) >= 11 is 0. The predicted molar refractivity (Wildman–Crippen MR) is 59.2 cm³/mol. The zero-order valence-electron chi connectivity index (χ0n) is 9.64. The molecule has 0 spiro atoms. The second kappa shape index (κ2) is 4.49. The third-order valence-corrected chi connectivity index (χ3v) is 3.01. The molecule has 1 saturated heterocycles. The fourth-order valence-electron chi connectivity index (χ4n) is 2.40. The van der Waals surface area contributed by atoms with Crippen molar-refractivity contribution >= 4 is 18.4 Å². The first-order valence-electron chi connectivity index (χ1n) is 5.13. The number of hydrogen-bond donors (Lipinski definition) is 1. The molecule has 2 fully saturated rings. The Morgan fingerprint density at radius 2 is 1.94 bits per heavy atom. The monoisotopic (exact) mass is 251 g/mol. The molecule has 1 heterocycles. The highest BCUT2D eigenvalue weighted by atomic mass is 35.5. The predicted octanol–water partition coefficient (Wildman–Crippen LogP) is 0.449. The van der Waals surface area contributed by atoms with E-state index in [2.05, 4.69) is 0 Å². The van der Waals surface area contributed by atoms with Crippen LogP contribution in [0.3, 0.4) is 0 Å². The number of nitrogens with two attached hydrogens (primary N) is 1. The Morgan fingerprint density at radius 1 is 1.38 bits per heavy atom. The third-order valence-electron chi connectivity index (χ3n) is 3.01. The molecule has 94 valence electrons. The smallest absolute Gasteiger partial charge is 0.311 e. The first-order chi connectivity index (χ1) is 6.94. The standard InChI is InChI=1S/C10H17NO4.ClH/c1-10(2)14-7-5(9(12)13-3)4-6(11)8(7)15-10;/h5-8H,4,11H2,1-3H3;1H. The minimum atomic E-state index is -0.653. The average Bonchev–Trinajstić information content (AvgIpc) is 2.61. The summed E-state index contributed by atoms with van der Waals surface area (Å²) in [7, 11) is 1.38. The highest BCUT2D eigenvalue weighted by Gasteiger charge is 2.55. The van der Waals surface area contributed by atoms with Gasteiger partial charge in [-0.25, -0.2) is 0 Å². The van der Waals surface area contributed by atoms with Crippen LogP contribution in [0.2, 0.25) is 0 Å². The number of methoxy groups -OCH3 is 1. The zero-order valence-corrected chi connectivity index (χ0v) is 10.5. The van der Waals surface area contributed by atoms with Gasteiger partial charge in [0.25, 0.3) is 0 Å². The Morgan fingerprint density at radius 3 is 2.50 bits per heavy atom. The number of fused-ring (bicyclic) bond motifs is 1. The van der Waals surface area contributed by atoms with Crippen molar-refractivity contribution < 1.29 is 19.0 Å². The summed E-state index contributed by atoms with van der Waals surface area (Å²) in [6.07, 6.45) is 0.115. The molecule has 1 aliphatic carbocycles. The van der Waals surface area contributed by atoms with Gasteiger partial charge in [-0.1, -0.05) is 0 Å². The van der Waals surface area contributed by atoms with Crippen molar-refractivity contribution in [1.29, 1.82) is 0 Å². The van der Waals surface area contributed by atoms with Gasteiger partial charge in [-0.15, -0.1) is 12.4 Å². The van der Waals surface area contributed by atoms with E-state index in [4.69, 9.17) is 19.9 Å². The quantitative estimate of drug-likeness (QED) is 0.685. The number of halogens is 1. The molecule has 0 bridgehead atoms. The molecule has 0 amide bonds. The second-order valence-corrected chi connectivity index (χ2v) is 4.59. The SMILES string of the molecule is COC(=O)C1CC(N)C2OC(C)(C)OC12.Cl. The number of rotatable bonds is 1. The van der Waals surface area contributed by atoms with Crippen LogP contribution in [0.5, 0.6) is 0 Å². The summed E-state index contributed by atoms with van der Waals surface area (Å²) in [5, 5.41) is 0. The van der Waals surface area contributed by atoms with Crippen molar-refractivity contribution in [1.82, 2.24) is 0 Å². The van der Waals surface area contributed by atoms with Gasteiger partial charge in [0.2, 0.25) is 0 Å². The maximum Gasteiger partial charge on any atom is 0.311 e. The van der Waals surface area contributed by atoms with E-state index in [1.165, 1.54) is 7.11 Å². The molecular formula is C10H18ClNO4. The average molecular weight is 252 g/mol. The van der Waals surface area contributed by atoms with Crippen LogP contribution in [0, 0.1) is 5.92 Å². The van der Waals surface area contributed by atoms with E-state index in [0.717, 1.165) is 0 Å². The van der Waals surface area contributed by atoms with Crippen LogP contribution in [-0.4, -0.2) is 37.1 Å². The maximum absolute atomic E-state index is 11.5. The molecule has 1 saturated carbocycles. The number of esters is 1. The molecule has 1 aliphatic heterocycles. The number of hydrogen-bond acceptors (Lipinski definition) is 5. The topological polar surface area (TPSA) is 70.8 Å². The molecule has 4 unspecified atom stereocenters. The zero-order chi connectivity index (χ0) is 11.2. The molecule has 0 radical (unpaired) electrons. The lowest BCUT2D eigenvalue weighted by Gasteiger charge is -2.21. The lowest BCUT2D eigenvalue weighted by atomic mass is 10.1. The van der Waals surface area contributed by atoms with Gasteiger partial charge in [-0.05, 0) is 20.3 Å². The van der Waals surface area contributed by atoms with E-state index in [1.54, 1.807) is 0 Å². The molecule has 0 aromatic carbocycles. The molecule has 5 nitrogen and oxygen atoms in total. The minimum Gasteiger partial charge on any atom is -0.469 e. The molecule has 16 heavy (non-hydrogen) atoms. The van der Waals surface area contributed by atoms with Crippen molar-refractivity contribution in [3.8, 4) is 0 Å². The van der Waals surface area contributed by atoms with Gasteiger partial charge in [0.1, 0.15) is 12.2 Å². The normalized spacial score (nSPS) is 40.0. The van der Waals surface area contributed by atoms with Crippen molar-refractivity contribution in [2.75, 3.05) is 7.11 Å². The summed E-state index contributed by atoms with van der Waals surface area (Å²) in [5.41, 5.74) is 5.91. The largest absolute Gasteiger partial charge is 0.469 e. The highest BCUT2D eigenvalue weighted by Crippen LogP contribution is 2.41. The molecule has 0 aromatic heterocycles. The number of carbonyl (C=O) groups is 1. The molecule has 4 atom stereocenters. The molecule has 2 N–H and O–H groups in total. The maximum atomic E-state index is 11.5. The Kier molecular flexibility index (Phi) is 3.84. The summed E-state index contributed by atoms with van der Waals surface area (Å²) in [5.74, 6) is -1.21. The van der Waals surface area contributed by atoms with Gasteiger partial charge in [0.05, 0.1) is 13.0 Å². The molecule has 2 aliphatic rings. The van der Waals surface area contributed by atoms with Crippen LogP contribution < -0.4 is 5.73 Å². The first-order valence-corrected chi connectivity index (χ1v) is 5.13. The summed E-state index contributed by atoms with van der Waals surface area (Å²) in [6, 6.07) is -0.152. The van der Waals surface area contributed by atoms with E-state index in [-0.39, 0.29) is 42.5 Å². The van der Waals surface area contributed by atoms with E-state index in [0.29, 0.717) is 6.42 Å². The van der Waals surface area contributed by atoms with Crippen LogP contribution in [0.15, 0.2) is 0 Å². The fraction of sp³-hybridized carbons (Fsp3) is 0.900. The van der Waals surface area contributed by atoms with Crippen LogP contribution >= 0.6 is 12.4 Å². The van der Waals surface area contributed by atoms with E-state index >= 15 is 0 Å². The summed E-state index contributed by atoms with van der Waals surface area (Å²) < 4.78 is 16.1. The Labute approximate surface area is 101 Å². The van der Waals surface area contributed by atoms with E-state index in [1.807, 2.05) is 13.8 Å². The van der Waals surface area contributed by atoms with Gasteiger partial charge < -0.3 is 19.9 Å². The van der Waals surface area contributed by atoms with Crippen molar-refractivity contribution in [3.05, 3.63) is 0 Å². The van der Waals surface area contributed by atoms with Crippen LogP contribution in [-0.2, 0) is 19.0 Å². The van der Waals surface area contributed by atoms with E-state index in [9.17, 15) is 4.79 Å². The molecular weight excluding hydrogens is 234 g/mol. The minimum absolute atomic E-state index is 0. The fourth-order valence-corrected chi connectivity index (χ4v) is 2.40. The second-order valence-electron chi connectivity index (χ2n) is 4.59. The number of carbonyl (C=O) groups excluding carboxylic acids is 1. The molecule has 2 rings (SSSR count). The van der Waals surface area contributed by atoms with Crippen LogP contribution in [0.1, 0.15) is 20.3 Å². The lowest BCUT2D eigenvalue weighted by molar-refractivity contribution is -0.167. The van der Waals surface area contributed by atoms with Crippen LogP contribution in [0.25, 0.3) is 0 Å². The van der Waals surface area contributed by atoms with Gasteiger partial charge in [-0.3, -0.25) is 4.79 Å². The summed E-state index contributed by atoms with van der Waals surface area (Å²) in [4.78, 5) is 11.5. The van der Waals surface area contributed by atoms with Crippen molar-refractivity contribution in [2.24, 2.45) is 11.7 Å². The van der Waals surface area contributed by atoms with Gasteiger partial charge in [0, 0.05) is 6.04 Å². The van der Waals surface area contributed by atoms with Crippen molar-refractivity contribution in [2.45, 2.75) is 44.3 Å². The Hall–Kier alpha value is -0.360. The highest BCUT2D eigenvalue weighted by molar-refractivity contribution is 5.85. The van der Waals surface area contributed by atoms with Gasteiger partial charge in [0.15, 0.2) is 5.79 Å². The lowest BCUT2D eigenvalue weighted by Crippen LogP contribution is -2.35. The van der Waals surface area contributed by atoms with Crippen molar-refractivity contribution in [3.63, 3.8) is 0 Å². The van der Waals surface area contributed by atoms with Gasteiger partial charge >= 0.3 is 5.97 Å². The van der Waals surface area contributed by atoms with Crippen LogP contribution in [0.4, 0.5) is 0 Å². The van der Waals surface area contributed by atoms with E-state index < -0.39 is 5.79 Å². The Balaban J connectivity index is 0.00000128. The third kappa shape index (κ3) is 2.18. The molecule has 6 heteroatoms.